The number of hydrogen-bond donors (Lipinski definition) is 7. The van der Waals surface area contributed by atoms with E-state index in [9.17, 15) is 63.9 Å². The molecular formula is C33H47N7O14. The van der Waals surface area contributed by atoms with Crippen molar-refractivity contribution in [1.29, 1.82) is 0 Å². The number of nitrogens with one attached hydrogen (secondary N) is 2. The molecule has 21 heteroatoms. The zero-order chi connectivity index (χ0) is 40.3. The fraction of sp³-hybridized carbons (Fsp3) is 0.576. The van der Waals surface area contributed by atoms with Crippen LogP contribution in [0.25, 0.3) is 0 Å². The zero-order valence-electron chi connectivity index (χ0n) is 29.8. The van der Waals surface area contributed by atoms with Gasteiger partial charge >= 0.3 is 29.8 Å². The summed E-state index contributed by atoms with van der Waals surface area (Å²) >= 11 is 0. The highest BCUT2D eigenvalue weighted by atomic mass is 16.5. The van der Waals surface area contributed by atoms with Crippen LogP contribution in [0.3, 0.4) is 0 Å². The third-order valence-corrected chi connectivity index (χ3v) is 8.72. The number of carbonyl (C=O) groups is 8. The molecule has 2 heterocycles. The SMILES string of the molecule is CN(Cc1nccn1CC(=O)NC(CCOC=O)(CCC(=O)O)CCC(=O)O)Cc1nccn1CC(=O)NC(CCC(=O)O)(CCC(=O)O)CCC(=O)O. The third kappa shape index (κ3) is 16.2. The van der Waals surface area contributed by atoms with Crippen molar-refractivity contribution in [2.75, 3.05) is 13.7 Å². The molecular weight excluding hydrogens is 718 g/mol. The van der Waals surface area contributed by atoms with Crippen molar-refractivity contribution in [3.63, 3.8) is 0 Å². The Morgan fingerprint density at radius 2 is 0.981 bits per heavy atom. The van der Waals surface area contributed by atoms with Crippen LogP contribution in [0, 0.1) is 0 Å². The molecule has 0 radical (unpaired) electrons. The predicted molar refractivity (Wildman–Crippen MR) is 182 cm³/mol. The van der Waals surface area contributed by atoms with E-state index in [2.05, 4.69) is 20.6 Å². The summed E-state index contributed by atoms with van der Waals surface area (Å²) in [4.78, 5) is 105. The quantitative estimate of drug-likeness (QED) is 0.0433. The number of aromatic nitrogens is 4. The maximum absolute atomic E-state index is 13.3. The van der Waals surface area contributed by atoms with Gasteiger partial charge in [-0.15, -0.1) is 0 Å². The van der Waals surface area contributed by atoms with Crippen LogP contribution < -0.4 is 10.6 Å². The van der Waals surface area contributed by atoms with E-state index < -0.39 is 72.0 Å². The molecule has 0 bridgehead atoms. The van der Waals surface area contributed by atoms with Gasteiger partial charge in [-0.25, -0.2) is 9.97 Å². The maximum atomic E-state index is 13.3. The van der Waals surface area contributed by atoms with E-state index in [1.807, 2.05) is 0 Å². The molecule has 0 saturated heterocycles. The average molecular weight is 766 g/mol. The molecule has 0 aliphatic carbocycles. The van der Waals surface area contributed by atoms with Gasteiger partial charge in [-0.2, -0.15) is 0 Å². The number of hydrogen-bond acceptors (Lipinski definition) is 12. The summed E-state index contributed by atoms with van der Waals surface area (Å²) in [6, 6.07) is 0. The lowest BCUT2D eigenvalue weighted by Crippen LogP contribution is -2.51. The predicted octanol–water partition coefficient (Wildman–Crippen LogP) is 0.309. The van der Waals surface area contributed by atoms with Gasteiger partial charge in [0.1, 0.15) is 24.7 Å². The van der Waals surface area contributed by atoms with E-state index >= 15 is 0 Å². The highest BCUT2D eigenvalue weighted by Gasteiger charge is 2.35. The summed E-state index contributed by atoms with van der Waals surface area (Å²) in [6.45, 7) is -0.188. The van der Waals surface area contributed by atoms with Crippen LogP contribution in [0.2, 0.25) is 0 Å². The molecule has 0 fully saturated rings. The second-order valence-corrected chi connectivity index (χ2v) is 13.0. The molecule has 0 spiro atoms. The fourth-order valence-electron chi connectivity index (χ4n) is 5.95. The Hall–Kier alpha value is -5.86. The number of rotatable bonds is 29. The lowest BCUT2D eigenvalue weighted by atomic mass is 9.83. The van der Waals surface area contributed by atoms with E-state index in [-0.39, 0.29) is 90.6 Å². The van der Waals surface area contributed by atoms with Gasteiger partial charge < -0.3 is 50.0 Å². The largest absolute Gasteiger partial charge is 0.481 e. The molecule has 0 saturated carbocycles. The van der Waals surface area contributed by atoms with Gasteiger partial charge in [-0.05, 0) is 39.2 Å². The van der Waals surface area contributed by atoms with Crippen LogP contribution in [0.1, 0.15) is 82.3 Å². The Morgan fingerprint density at radius 1 is 0.648 bits per heavy atom. The molecule has 0 aliphatic heterocycles. The summed E-state index contributed by atoms with van der Waals surface area (Å²) in [7, 11) is 1.72. The first-order valence-corrected chi connectivity index (χ1v) is 16.9. The molecule has 2 aromatic rings. The number of aliphatic carboxylic acids is 5. The Labute approximate surface area is 309 Å². The Kier molecular flexibility index (Phi) is 17.7. The molecule has 7 N–H and O–H groups in total. The lowest BCUT2D eigenvalue weighted by molar-refractivity contribution is -0.140. The van der Waals surface area contributed by atoms with Gasteiger partial charge in [0.05, 0.1) is 19.7 Å². The summed E-state index contributed by atoms with van der Waals surface area (Å²) < 4.78 is 7.82. The van der Waals surface area contributed by atoms with Gasteiger partial charge in [0.25, 0.3) is 6.47 Å². The first-order valence-electron chi connectivity index (χ1n) is 16.9. The van der Waals surface area contributed by atoms with Crippen LogP contribution in [-0.2, 0) is 69.3 Å². The molecule has 0 aromatic carbocycles. The number of amides is 2. The number of carboxylic acid groups (broad SMARTS) is 5. The fourth-order valence-corrected chi connectivity index (χ4v) is 5.95. The molecule has 2 amide bonds. The summed E-state index contributed by atoms with van der Waals surface area (Å²) in [5, 5.41) is 51.8. The number of imidazole rings is 2. The monoisotopic (exact) mass is 765 g/mol. The van der Waals surface area contributed by atoms with E-state index in [0.29, 0.717) is 11.6 Å². The van der Waals surface area contributed by atoms with E-state index in [1.54, 1.807) is 18.1 Å². The normalized spacial score (nSPS) is 11.5. The van der Waals surface area contributed by atoms with Crippen molar-refractivity contribution in [1.82, 2.24) is 34.6 Å². The van der Waals surface area contributed by atoms with E-state index in [4.69, 9.17) is 4.74 Å². The summed E-state index contributed by atoms with van der Waals surface area (Å²) in [5.74, 6) is -6.20. The van der Waals surface area contributed by atoms with Gasteiger partial charge in [-0.3, -0.25) is 43.3 Å². The molecule has 54 heavy (non-hydrogen) atoms. The maximum Gasteiger partial charge on any atom is 0.303 e. The van der Waals surface area contributed by atoms with Crippen molar-refractivity contribution >= 4 is 48.1 Å². The highest BCUT2D eigenvalue weighted by Crippen LogP contribution is 2.27. The molecule has 298 valence electrons. The van der Waals surface area contributed by atoms with Crippen LogP contribution in [-0.4, -0.2) is 122 Å². The Balaban J connectivity index is 2.16. The molecule has 2 rings (SSSR count). The first kappa shape index (κ1) is 44.3. The van der Waals surface area contributed by atoms with Crippen molar-refractivity contribution < 1.29 is 68.6 Å². The second-order valence-electron chi connectivity index (χ2n) is 13.0. The van der Waals surface area contributed by atoms with Gasteiger partial charge in [-0.1, -0.05) is 0 Å². The second kappa shape index (κ2) is 21.6. The molecule has 0 atom stereocenters. The van der Waals surface area contributed by atoms with Gasteiger partial charge in [0.2, 0.25) is 11.8 Å². The number of carbonyl (C=O) groups excluding carboxylic acids is 3. The van der Waals surface area contributed by atoms with Crippen molar-refractivity contribution in [2.24, 2.45) is 0 Å². The Bertz CT molecular complexity index is 1560. The first-order chi connectivity index (χ1) is 25.5. The van der Waals surface area contributed by atoms with Crippen LogP contribution in [0.15, 0.2) is 24.8 Å². The Morgan fingerprint density at radius 3 is 1.30 bits per heavy atom. The minimum atomic E-state index is -1.40. The third-order valence-electron chi connectivity index (χ3n) is 8.72. The molecule has 0 aliphatic rings. The van der Waals surface area contributed by atoms with E-state index in [0.717, 1.165) is 0 Å². The lowest BCUT2D eigenvalue weighted by Gasteiger charge is -2.34. The minimum absolute atomic E-state index is 0.0176. The van der Waals surface area contributed by atoms with Crippen molar-refractivity contribution in [3.05, 3.63) is 36.4 Å². The molecule has 0 unspecified atom stereocenters. The molecule has 21 nitrogen and oxygen atoms in total. The van der Waals surface area contributed by atoms with Gasteiger partial charge in [0, 0.05) is 74.4 Å². The zero-order valence-corrected chi connectivity index (χ0v) is 29.8. The van der Waals surface area contributed by atoms with Crippen molar-refractivity contribution in [2.45, 2.75) is 108 Å². The van der Waals surface area contributed by atoms with Crippen LogP contribution in [0.4, 0.5) is 0 Å². The van der Waals surface area contributed by atoms with E-state index in [1.165, 1.54) is 27.7 Å². The highest BCUT2D eigenvalue weighted by molar-refractivity contribution is 5.78. The van der Waals surface area contributed by atoms with Gasteiger partial charge in [0.15, 0.2) is 0 Å². The van der Waals surface area contributed by atoms with Crippen LogP contribution >= 0.6 is 0 Å². The van der Waals surface area contributed by atoms with Crippen LogP contribution in [0.5, 0.6) is 0 Å². The number of nitrogens with zero attached hydrogens (tertiary/aromatic N) is 5. The number of ether oxygens (including phenoxy) is 1. The summed E-state index contributed by atoms with van der Waals surface area (Å²) in [6.07, 6.45) is 3.19. The average Bonchev–Trinajstić information content (AvgIpc) is 3.71. The molecule has 2 aromatic heterocycles. The topological polar surface area (TPSA) is 310 Å². The minimum Gasteiger partial charge on any atom is -0.481 e. The van der Waals surface area contributed by atoms with Crippen molar-refractivity contribution in [3.8, 4) is 0 Å². The summed E-state index contributed by atoms with van der Waals surface area (Å²) in [5.41, 5.74) is -2.69. The standard InChI is InChI=1S/C33H47N7O14/c1-38(18-23-34-13-15-39(23)20-25(42)36-32(7-2-27(44)45,8-3-28(46)47)9-4-29(48)49)19-24-35-14-16-40(24)21-26(43)37-33(10-5-30(50)51,11-6-31(52)53)12-17-54-22-41/h13-16,22H,2-12,17-21H2,1H3,(H,36,42)(H,37,43)(H,44,45)(H,46,47)(H,48,49)(H,50,51)(H,52,53). The number of carboxylic acids is 5. The smallest absolute Gasteiger partial charge is 0.303 e.